The average Bonchev–Trinajstić information content (AvgIpc) is 2.98. The number of rotatable bonds is 6. The van der Waals surface area contributed by atoms with Crippen LogP contribution in [0.2, 0.25) is 4.34 Å². The van der Waals surface area contributed by atoms with Crippen LogP contribution in [0.5, 0.6) is 0 Å². The van der Waals surface area contributed by atoms with Crippen molar-refractivity contribution in [3.05, 3.63) is 10.5 Å². The predicted molar refractivity (Wildman–Crippen MR) is 123 cm³/mol. The third-order valence-corrected chi connectivity index (χ3v) is 9.42. The molecule has 2 amide bonds. The molecule has 10 heteroatoms. The van der Waals surface area contributed by atoms with Crippen molar-refractivity contribution in [2.24, 2.45) is 0 Å². The molecule has 1 aromatic heterocycles. The van der Waals surface area contributed by atoms with Gasteiger partial charge in [-0.2, -0.15) is 0 Å². The van der Waals surface area contributed by atoms with Crippen molar-refractivity contribution in [3.8, 4) is 0 Å². The van der Waals surface area contributed by atoms with E-state index in [0.717, 1.165) is 25.7 Å². The molecule has 2 heterocycles. The molecule has 7 nitrogen and oxygen atoms in total. The first-order valence-electron chi connectivity index (χ1n) is 11.0. The van der Waals surface area contributed by atoms with Gasteiger partial charge in [-0.1, -0.05) is 55.5 Å². The second-order valence-electron chi connectivity index (χ2n) is 8.29. The van der Waals surface area contributed by atoms with Crippen LogP contribution in [-0.4, -0.2) is 66.6 Å². The number of hydrogen-bond acceptors (Lipinski definition) is 5. The van der Waals surface area contributed by atoms with Crippen LogP contribution < -0.4 is 4.90 Å². The topological polar surface area (TPSA) is 73.8 Å². The molecule has 170 valence electrons. The number of halogens is 1. The Morgan fingerprint density at radius 1 is 1.17 bits per heavy atom. The van der Waals surface area contributed by atoms with Gasteiger partial charge in [0.1, 0.15) is 4.34 Å². The summed E-state index contributed by atoms with van der Waals surface area (Å²) in [5.41, 5.74) is 0. The number of anilines is 1. The molecule has 3 rings (SSSR count). The van der Waals surface area contributed by atoms with Crippen molar-refractivity contribution >= 4 is 44.1 Å². The Kier molecular flexibility index (Phi) is 8.40. The molecule has 0 radical (unpaired) electrons. The highest BCUT2D eigenvalue weighted by Gasteiger charge is 2.37. The van der Waals surface area contributed by atoms with Gasteiger partial charge >= 0.3 is 6.03 Å². The number of amides is 2. The Labute approximate surface area is 189 Å². The summed E-state index contributed by atoms with van der Waals surface area (Å²) < 4.78 is 27.1. The maximum Gasteiger partial charge on any atom is 0.326 e. The van der Waals surface area contributed by atoms with Crippen molar-refractivity contribution in [1.29, 1.82) is 0 Å². The molecule has 1 saturated heterocycles. The van der Waals surface area contributed by atoms with Crippen molar-refractivity contribution in [2.75, 3.05) is 30.8 Å². The quantitative estimate of drug-likeness (QED) is 0.563. The summed E-state index contributed by atoms with van der Waals surface area (Å²) >= 11 is 7.33. The van der Waals surface area contributed by atoms with Crippen LogP contribution in [0.25, 0.3) is 0 Å². The molecule has 0 N–H and O–H groups in total. The number of hydrogen-bond donors (Lipinski definition) is 0. The fourth-order valence-electron chi connectivity index (χ4n) is 4.59. The second kappa shape index (κ2) is 10.6. The Hall–Kier alpha value is -0.900. The van der Waals surface area contributed by atoms with Gasteiger partial charge in [0.15, 0.2) is 5.13 Å². The van der Waals surface area contributed by atoms with Gasteiger partial charge in [-0.3, -0.25) is 4.90 Å². The largest absolute Gasteiger partial charge is 0.326 e. The summed E-state index contributed by atoms with van der Waals surface area (Å²) in [6.07, 6.45) is 10.2. The molecule has 0 atom stereocenters. The van der Waals surface area contributed by atoms with Crippen LogP contribution in [0, 0.1) is 0 Å². The van der Waals surface area contributed by atoms with E-state index in [1.807, 2.05) is 11.8 Å². The van der Waals surface area contributed by atoms with Crippen molar-refractivity contribution in [1.82, 2.24) is 14.2 Å². The Bertz CT molecular complexity index is 801. The van der Waals surface area contributed by atoms with Gasteiger partial charge < -0.3 is 4.90 Å². The van der Waals surface area contributed by atoms with Crippen LogP contribution >= 0.6 is 22.9 Å². The molecule has 1 aliphatic heterocycles. The van der Waals surface area contributed by atoms with E-state index in [1.54, 1.807) is 22.4 Å². The van der Waals surface area contributed by atoms with Gasteiger partial charge in [-0.15, -0.1) is 0 Å². The van der Waals surface area contributed by atoms with E-state index in [2.05, 4.69) is 4.98 Å². The van der Waals surface area contributed by atoms with Gasteiger partial charge in [-0.05, 0) is 32.1 Å². The lowest BCUT2D eigenvalue weighted by Gasteiger charge is -2.43. The minimum Gasteiger partial charge on any atom is -0.318 e. The minimum absolute atomic E-state index is 0.0477. The van der Waals surface area contributed by atoms with E-state index in [-0.39, 0.29) is 23.9 Å². The fourth-order valence-corrected chi connectivity index (χ4v) is 6.99. The smallest absolute Gasteiger partial charge is 0.318 e. The number of piperidine rings is 1. The van der Waals surface area contributed by atoms with E-state index < -0.39 is 10.0 Å². The van der Waals surface area contributed by atoms with Gasteiger partial charge in [0, 0.05) is 32.2 Å². The summed E-state index contributed by atoms with van der Waals surface area (Å²) in [6.45, 7) is 2.85. The van der Waals surface area contributed by atoms with E-state index in [1.165, 1.54) is 24.2 Å². The molecule has 0 bridgehead atoms. The lowest BCUT2D eigenvalue weighted by atomic mass is 9.99. The zero-order valence-corrected chi connectivity index (χ0v) is 20.3. The summed E-state index contributed by atoms with van der Waals surface area (Å²) in [6, 6.07) is 0.191. The van der Waals surface area contributed by atoms with Crippen LogP contribution in [0.15, 0.2) is 6.20 Å². The number of carbonyl (C=O) groups excluding carboxylic acids is 1. The fraction of sp³-hybridized carbons (Fsp3) is 0.800. The third-order valence-electron chi connectivity index (χ3n) is 6.15. The lowest BCUT2D eigenvalue weighted by molar-refractivity contribution is 0.112. The van der Waals surface area contributed by atoms with Gasteiger partial charge in [-0.25, -0.2) is 22.5 Å². The molecule has 1 saturated carbocycles. The first kappa shape index (κ1) is 23.8. The number of carbonyl (C=O) groups is 1. The molecular weight excluding hydrogens is 444 g/mol. The minimum atomic E-state index is -3.19. The number of aromatic nitrogens is 1. The van der Waals surface area contributed by atoms with Crippen LogP contribution in [0.4, 0.5) is 9.93 Å². The SMILES string of the molecule is CCCS(=O)(=O)N1CCC(N(C(=O)N(C)c2ncc(Cl)s2)C2CCCCCC2)CC1. The molecule has 0 unspecified atom stereocenters. The number of nitrogens with zero attached hydrogens (tertiary/aromatic N) is 4. The normalized spacial score (nSPS) is 20.1. The van der Waals surface area contributed by atoms with Crippen LogP contribution in [0.3, 0.4) is 0 Å². The predicted octanol–water partition coefficient (Wildman–Crippen LogP) is 4.58. The zero-order chi connectivity index (χ0) is 21.7. The van der Waals surface area contributed by atoms with Gasteiger partial charge in [0.2, 0.25) is 10.0 Å². The molecular formula is C20H33ClN4O3S2. The average molecular weight is 477 g/mol. The maximum absolute atomic E-state index is 13.6. The Balaban J connectivity index is 1.77. The maximum atomic E-state index is 13.6. The Morgan fingerprint density at radius 2 is 1.77 bits per heavy atom. The highest BCUT2D eigenvalue weighted by Crippen LogP contribution is 2.31. The summed E-state index contributed by atoms with van der Waals surface area (Å²) in [5, 5.41) is 0.589. The van der Waals surface area contributed by atoms with E-state index >= 15 is 0 Å². The summed E-state index contributed by atoms with van der Waals surface area (Å²) in [7, 11) is -1.44. The molecule has 0 spiro atoms. The molecule has 1 aromatic rings. The monoisotopic (exact) mass is 476 g/mol. The van der Waals surface area contributed by atoms with E-state index in [9.17, 15) is 13.2 Å². The second-order valence-corrected chi connectivity index (χ2v) is 12.0. The van der Waals surface area contributed by atoms with Crippen molar-refractivity contribution in [3.63, 3.8) is 0 Å². The highest BCUT2D eigenvalue weighted by atomic mass is 35.5. The van der Waals surface area contributed by atoms with Gasteiger partial charge in [0.25, 0.3) is 0 Å². The number of thiazole rings is 1. The summed E-state index contributed by atoms with van der Waals surface area (Å²) in [4.78, 5) is 21.5. The zero-order valence-electron chi connectivity index (χ0n) is 17.9. The highest BCUT2D eigenvalue weighted by molar-refractivity contribution is 7.89. The van der Waals surface area contributed by atoms with Crippen LogP contribution in [0.1, 0.15) is 64.7 Å². The van der Waals surface area contributed by atoms with Crippen LogP contribution in [-0.2, 0) is 10.0 Å². The molecule has 2 aliphatic rings. The number of urea groups is 1. The van der Waals surface area contributed by atoms with Crippen molar-refractivity contribution < 1.29 is 13.2 Å². The lowest BCUT2D eigenvalue weighted by Crippen LogP contribution is -2.55. The molecule has 30 heavy (non-hydrogen) atoms. The number of sulfonamides is 1. The first-order valence-corrected chi connectivity index (χ1v) is 13.8. The standard InChI is InChI=1S/C20H33ClN4O3S2/c1-3-14-30(27,28)24-12-10-17(11-13-24)25(16-8-6-4-5-7-9-16)20(26)23(2)19-22-15-18(21)29-19/h15-17H,3-14H2,1-2H3. The molecule has 0 aromatic carbocycles. The molecule has 2 fully saturated rings. The molecule has 1 aliphatic carbocycles. The first-order chi connectivity index (χ1) is 14.3. The summed E-state index contributed by atoms with van der Waals surface area (Å²) in [5.74, 6) is 0.191. The van der Waals surface area contributed by atoms with Crippen molar-refractivity contribution in [2.45, 2.75) is 76.8 Å². The van der Waals surface area contributed by atoms with E-state index in [0.29, 0.717) is 41.8 Å². The van der Waals surface area contributed by atoms with Gasteiger partial charge in [0.05, 0.1) is 11.9 Å². The van der Waals surface area contributed by atoms with E-state index in [4.69, 9.17) is 11.6 Å². The Morgan fingerprint density at radius 3 is 2.30 bits per heavy atom. The third kappa shape index (κ3) is 5.66.